The molecule has 0 saturated carbocycles. The summed E-state index contributed by atoms with van der Waals surface area (Å²) in [6.07, 6.45) is 2.26. The van der Waals surface area contributed by atoms with Gasteiger partial charge in [-0.25, -0.2) is 0 Å². The lowest BCUT2D eigenvalue weighted by atomic mass is 10.3. The molecular weight excluding hydrogens is 437 g/mol. The third-order valence-electron chi connectivity index (χ3n) is 4.79. The molecular formula is C20H36IN5. The van der Waals surface area contributed by atoms with Gasteiger partial charge >= 0.3 is 0 Å². The number of para-hydroxylation sites is 1. The fourth-order valence-corrected chi connectivity index (χ4v) is 3.29. The van der Waals surface area contributed by atoms with Gasteiger partial charge in [-0.2, -0.15) is 0 Å². The summed E-state index contributed by atoms with van der Waals surface area (Å²) in [6, 6.07) is 11.1. The molecule has 1 heterocycles. The monoisotopic (exact) mass is 473 g/mol. The number of guanidine groups is 1. The zero-order valence-electron chi connectivity index (χ0n) is 16.6. The maximum atomic E-state index is 4.76. The van der Waals surface area contributed by atoms with Gasteiger partial charge in [0.05, 0.1) is 0 Å². The van der Waals surface area contributed by atoms with Crippen molar-refractivity contribution in [3.05, 3.63) is 30.3 Å². The highest BCUT2D eigenvalue weighted by molar-refractivity contribution is 14.0. The van der Waals surface area contributed by atoms with Crippen molar-refractivity contribution in [3.8, 4) is 0 Å². The smallest absolute Gasteiger partial charge is 0.191 e. The predicted octanol–water partition coefficient (Wildman–Crippen LogP) is 3.17. The van der Waals surface area contributed by atoms with Crippen LogP contribution in [0.1, 0.15) is 33.6 Å². The van der Waals surface area contributed by atoms with Crippen molar-refractivity contribution in [1.82, 2.24) is 15.5 Å². The first-order chi connectivity index (χ1) is 12.3. The van der Waals surface area contributed by atoms with Gasteiger partial charge < -0.3 is 20.4 Å². The predicted molar refractivity (Wildman–Crippen MR) is 124 cm³/mol. The molecule has 1 fully saturated rings. The van der Waals surface area contributed by atoms with Crippen molar-refractivity contribution in [2.45, 2.75) is 39.7 Å². The summed E-state index contributed by atoms with van der Waals surface area (Å²) in [5, 5.41) is 7.00. The molecule has 1 aromatic carbocycles. The van der Waals surface area contributed by atoms with E-state index in [4.69, 9.17) is 4.99 Å². The van der Waals surface area contributed by atoms with E-state index in [0.29, 0.717) is 6.04 Å². The third kappa shape index (κ3) is 7.70. The van der Waals surface area contributed by atoms with Crippen LogP contribution in [-0.2, 0) is 0 Å². The van der Waals surface area contributed by atoms with Crippen LogP contribution >= 0.6 is 24.0 Å². The number of hydrogen-bond donors (Lipinski definition) is 2. The molecule has 1 saturated heterocycles. The zero-order valence-corrected chi connectivity index (χ0v) is 18.9. The summed E-state index contributed by atoms with van der Waals surface area (Å²) in [7, 11) is 0. The zero-order chi connectivity index (χ0) is 17.9. The van der Waals surface area contributed by atoms with Gasteiger partial charge in [-0.15, -0.1) is 24.0 Å². The number of nitrogens with zero attached hydrogens (tertiary/aromatic N) is 3. The molecule has 1 aliphatic heterocycles. The van der Waals surface area contributed by atoms with E-state index in [1.54, 1.807) is 0 Å². The normalized spacial score (nSPS) is 17.3. The highest BCUT2D eigenvalue weighted by atomic mass is 127. The molecule has 148 valence electrons. The van der Waals surface area contributed by atoms with E-state index in [1.165, 1.54) is 5.69 Å². The minimum atomic E-state index is 0. The highest BCUT2D eigenvalue weighted by Crippen LogP contribution is 2.19. The van der Waals surface area contributed by atoms with Crippen LogP contribution in [0, 0.1) is 0 Å². The van der Waals surface area contributed by atoms with Crippen LogP contribution < -0.4 is 15.5 Å². The average molecular weight is 473 g/mol. The maximum absolute atomic E-state index is 4.76. The van der Waals surface area contributed by atoms with Crippen LogP contribution in [0.4, 0.5) is 5.69 Å². The first-order valence-corrected chi connectivity index (χ1v) is 9.84. The van der Waals surface area contributed by atoms with Crippen molar-refractivity contribution in [2.75, 3.05) is 50.7 Å². The standard InChI is InChI=1S/C20H35N5.HI/c1-4-21-20(22-14-10-15-24(5-2)6-3)23-18-13-16-25(17-18)19-11-8-7-9-12-19;/h7-9,11-12,18H,4-6,10,13-17H2,1-3H3,(H2,21,22,23);1H. The first-order valence-electron chi connectivity index (χ1n) is 9.84. The number of nitrogens with one attached hydrogen (secondary N) is 2. The minimum absolute atomic E-state index is 0. The van der Waals surface area contributed by atoms with Crippen LogP contribution in [0.5, 0.6) is 0 Å². The molecule has 0 amide bonds. The Bertz CT molecular complexity index is 504. The van der Waals surface area contributed by atoms with Gasteiger partial charge in [0.15, 0.2) is 5.96 Å². The Hall–Kier alpha value is -1.02. The van der Waals surface area contributed by atoms with E-state index < -0.39 is 0 Å². The molecule has 0 spiro atoms. The first kappa shape index (κ1) is 23.0. The third-order valence-corrected chi connectivity index (χ3v) is 4.79. The molecule has 0 radical (unpaired) electrons. The van der Waals surface area contributed by atoms with E-state index >= 15 is 0 Å². The summed E-state index contributed by atoms with van der Waals surface area (Å²) < 4.78 is 0. The molecule has 1 unspecified atom stereocenters. The molecule has 1 atom stereocenters. The number of aliphatic imine (C=N–C) groups is 1. The molecule has 5 nitrogen and oxygen atoms in total. The van der Waals surface area contributed by atoms with E-state index in [0.717, 1.165) is 64.6 Å². The van der Waals surface area contributed by atoms with Gasteiger partial charge in [0, 0.05) is 37.9 Å². The van der Waals surface area contributed by atoms with E-state index in [1.807, 2.05) is 0 Å². The summed E-state index contributed by atoms with van der Waals surface area (Å²) in [4.78, 5) is 9.66. The van der Waals surface area contributed by atoms with Crippen molar-refractivity contribution in [2.24, 2.45) is 4.99 Å². The molecule has 0 aromatic heterocycles. The Labute approximate surface area is 176 Å². The number of benzene rings is 1. The summed E-state index contributed by atoms with van der Waals surface area (Å²) in [5.74, 6) is 0.960. The Morgan fingerprint density at radius 2 is 1.92 bits per heavy atom. The Kier molecular flexibility index (Phi) is 11.7. The second-order valence-corrected chi connectivity index (χ2v) is 6.55. The van der Waals surface area contributed by atoms with Gasteiger partial charge in [0.25, 0.3) is 0 Å². The van der Waals surface area contributed by atoms with Crippen LogP contribution in [0.2, 0.25) is 0 Å². The van der Waals surface area contributed by atoms with Gasteiger partial charge in [-0.3, -0.25) is 4.99 Å². The Balaban J connectivity index is 0.00000338. The van der Waals surface area contributed by atoms with Gasteiger partial charge in [0.1, 0.15) is 0 Å². The lowest BCUT2D eigenvalue weighted by Crippen LogP contribution is -2.44. The summed E-state index contributed by atoms with van der Waals surface area (Å²) in [5.41, 5.74) is 1.31. The summed E-state index contributed by atoms with van der Waals surface area (Å²) in [6.45, 7) is 13.8. The van der Waals surface area contributed by atoms with Crippen LogP contribution in [0.3, 0.4) is 0 Å². The SMILES string of the molecule is CCNC(=NCCCN(CC)CC)NC1CCN(c2ccccc2)C1.I. The Morgan fingerprint density at radius 3 is 2.58 bits per heavy atom. The van der Waals surface area contributed by atoms with Crippen molar-refractivity contribution >= 4 is 35.6 Å². The van der Waals surface area contributed by atoms with E-state index in [-0.39, 0.29) is 24.0 Å². The van der Waals surface area contributed by atoms with Gasteiger partial charge in [-0.05, 0) is 51.5 Å². The van der Waals surface area contributed by atoms with Crippen molar-refractivity contribution in [1.29, 1.82) is 0 Å². The molecule has 2 N–H and O–H groups in total. The van der Waals surface area contributed by atoms with E-state index in [9.17, 15) is 0 Å². The molecule has 0 bridgehead atoms. The van der Waals surface area contributed by atoms with Gasteiger partial charge in [-0.1, -0.05) is 32.0 Å². The van der Waals surface area contributed by atoms with E-state index in [2.05, 4.69) is 71.5 Å². The number of hydrogen-bond acceptors (Lipinski definition) is 3. The topological polar surface area (TPSA) is 42.9 Å². The lowest BCUT2D eigenvalue weighted by Gasteiger charge is -2.20. The quantitative estimate of drug-likeness (QED) is 0.250. The van der Waals surface area contributed by atoms with Crippen molar-refractivity contribution < 1.29 is 0 Å². The maximum Gasteiger partial charge on any atom is 0.191 e. The molecule has 26 heavy (non-hydrogen) atoms. The number of halogens is 1. The van der Waals surface area contributed by atoms with Crippen LogP contribution in [0.15, 0.2) is 35.3 Å². The molecule has 0 aliphatic carbocycles. The minimum Gasteiger partial charge on any atom is -0.369 e. The fourth-order valence-electron chi connectivity index (χ4n) is 3.29. The lowest BCUT2D eigenvalue weighted by molar-refractivity contribution is 0.302. The highest BCUT2D eigenvalue weighted by Gasteiger charge is 2.23. The number of anilines is 1. The molecule has 1 aliphatic rings. The number of rotatable bonds is 9. The van der Waals surface area contributed by atoms with Crippen LogP contribution in [0.25, 0.3) is 0 Å². The average Bonchev–Trinajstić information content (AvgIpc) is 3.11. The summed E-state index contributed by atoms with van der Waals surface area (Å²) >= 11 is 0. The molecule has 2 rings (SSSR count). The van der Waals surface area contributed by atoms with Crippen molar-refractivity contribution in [3.63, 3.8) is 0 Å². The van der Waals surface area contributed by atoms with Crippen LogP contribution in [-0.4, -0.2) is 62.7 Å². The second-order valence-electron chi connectivity index (χ2n) is 6.55. The fraction of sp³-hybridized carbons (Fsp3) is 0.650. The van der Waals surface area contributed by atoms with Gasteiger partial charge in [0.2, 0.25) is 0 Å². The molecule has 6 heteroatoms. The Morgan fingerprint density at radius 1 is 1.19 bits per heavy atom. The largest absolute Gasteiger partial charge is 0.369 e. The second kappa shape index (κ2) is 13.2. The molecule has 1 aromatic rings.